The largest absolute Gasteiger partial charge is 0.330 e. The van der Waals surface area contributed by atoms with Crippen LogP contribution in [0.3, 0.4) is 0 Å². The molecule has 0 aromatic carbocycles. The Kier molecular flexibility index (Phi) is 4.36. The first-order valence-electron chi connectivity index (χ1n) is 6.34. The van der Waals surface area contributed by atoms with Crippen molar-refractivity contribution in [3.63, 3.8) is 0 Å². The van der Waals surface area contributed by atoms with E-state index in [1.165, 1.54) is 25.4 Å². The zero-order chi connectivity index (χ0) is 16.7. The van der Waals surface area contributed by atoms with Crippen molar-refractivity contribution in [2.75, 3.05) is 0 Å². The Labute approximate surface area is 131 Å². The van der Waals surface area contributed by atoms with Crippen molar-refractivity contribution in [1.29, 1.82) is 0 Å². The summed E-state index contributed by atoms with van der Waals surface area (Å²) in [7, 11) is -1.45. The van der Waals surface area contributed by atoms with E-state index in [1.54, 1.807) is 12.3 Å². The molecule has 22 heavy (non-hydrogen) atoms. The first-order valence-corrected chi connectivity index (χ1v) is 8.71. The summed E-state index contributed by atoms with van der Waals surface area (Å²) in [6.45, 7) is 3.45. The van der Waals surface area contributed by atoms with E-state index in [0.717, 1.165) is 20.3 Å². The average molecular weight is 344 g/mol. The maximum absolute atomic E-state index is 12.4. The third-order valence-corrected chi connectivity index (χ3v) is 5.43. The van der Waals surface area contributed by atoms with Gasteiger partial charge in [-0.15, -0.1) is 11.3 Å². The first kappa shape index (κ1) is 16.6. The standard InChI is InChI=1S/C12H16N4O4S2/c1-7(9-6-21-8(2)13-9)14-22(19,20)10-5-15(3)12(18)16(4)11(10)17/h5-7,14H,1-4H3. The Morgan fingerprint density at radius 1 is 1.32 bits per heavy atom. The number of aryl methyl sites for hydroxylation is 2. The second kappa shape index (κ2) is 5.78. The number of nitrogens with one attached hydrogen (secondary N) is 1. The third-order valence-electron chi connectivity index (χ3n) is 3.12. The summed E-state index contributed by atoms with van der Waals surface area (Å²) in [5.41, 5.74) is -0.878. The molecule has 0 amide bonds. The molecule has 0 bridgehead atoms. The van der Waals surface area contributed by atoms with E-state index in [4.69, 9.17) is 0 Å². The minimum atomic E-state index is -4.07. The smallest absolute Gasteiger partial charge is 0.302 e. The monoisotopic (exact) mass is 344 g/mol. The predicted octanol–water partition coefficient (Wildman–Crippen LogP) is -0.112. The lowest BCUT2D eigenvalue weighted by Crippen LogP contribution is -2.41. The number of sulfonamides is 1. The maximum atomic E-state index is 12.4. The Morgan fingerprint density at radius 3 is 2.50 bits per heavy atom. The SMILES string of the molecule is Cc1nc(C(C)NS(=O)(=O)c2cn(C)c(=O)n(C)c2=O)cs1. The van der Waals surface area contributed by atoms with Gasteiger partial charge in [-0.3, -0.25) is 9.36 Å². The molecule has 8 nitrogen and oxygen atoms in total. The molecule has 120 valence electrons. The van der Waals surface area contributed by atoms with Crippen LogP contribution in [0.15, 0.2) is 26.1 Å². The van der Waals surface area contributed by atoms with Gasteiger partial charge in [0, 0.05) is 25.7 Å². The van der Waals surface area contributed by atoms with Crippen molar-refractivity contribution >= 4 is 21.4 Å². The van der Waals surface area contributed by atoms with Crippen molar-refractivity contribution < 1.29 is 8.42 Å². The summed E-state index contributed by atoms with van der Waals surface area (Å²) < 4.78 is 29.0. The highest BCUT2D eigenvalue weighted by Gasteiger charge is 2.24. The van der Waals surface area contributed by atoms with Crippen LogP contribution in [0.25, 0.3) is 0 Å². The molecule has 0 radical (unpaired) electrons. The second-order valence-corrected chi connectivity index (χ2v) is 7.63. The molecule has 10 heteroatoms. The van der Waals surface area contributed by atoms with E-state index in [1.807, 2.05) is 6.92 Å². The van der Waals surface area contributed by atoms with Crippen LogP contribution < -0.4 is 16.0 Å². The molecule has 1 N–H and O–H groups in total. The summed E-state index contributed by atoms with van der Waals surface area (Å²) in [5.74, 6) is 0. The van der Waals surface area contributed by atoms with E-state index in [-0.39, 0.29) is 0 Å². The topological polar surface area (TPSA) is 103 Å². The van der Waals surface area contributed by atoms with Crippen molar-refractivity contribution in [3.05, 3.63) is 43.1 Å². The molecule has 0 saturated carbocycles. The predicted molar refractivity (Wildman–Crippen MR) is 82.5 cm³/mol. The fourth-order valence-corrected chi connectivity index (χ4v) is 3.98. The Hall–Kier alpha value is -1.78. The molecule has 0 aliphatic rings. The fraction of sp³-hybridized carbons (Fsp3) is 0.417. The van der Waals surface area contributed by atoms with Crippen LogP contribution >= 0.6 is 11.3 Å². The Morgan fingerprint density at radius 2 is 1.95 bits per heavy atom. The van der Waals surface area contributed by atoms with Gasteiger partial charge in [-0.25, -0.2) is 22.9 Å². The molecule has 1 atom stereocenters. The number of hydrogen-bond acceptors (Lipinski definition) is 6. The molecular formula is C12H16N4O4S2. The molecular weight excluding hydrogens is 328 g/mol. The number of hydrogen-bond donors (Lipinski definition) is 1. The van der Waals surface area contributed by atoms with Crippen molar-refractivity contribution in [3.8, 4) is 0 Å². The van der Waals surface area contributed by atoms with Crippen LogP contribution in [0.2, 0.25) is 0 Å². The van der Waals surface area contributed by atoms with Gasteiger partial charge in [-0.2, -0.15) is 0 Å². The molecule has 2 aromatic rings. The number of aromatic nitrogens is 3. The molecule has 2 aromatic heterocycles. The fourth-order valence-electron chi connectivity index (χ4n) is 1.90. The van der Waals surface area contributed by atoms with Crippen LogP contribution in [0, 0.1) is 6.92 Å². The molecule has 2 rings (SSSR count). The Balaban J connectivity index is 2.44. The van der Waals surface area contributed by atoms with Gasteiger partial charge >= 0.3 is 5.69 Å². The number of thiazole rings is 1. The van der Waals surface area contributed by atoms with Crippen LogP contribution in [-0.4, -0.2) is 22.5 Å². The van der Waals surface area contributed by atoms with E-state index in [0.29, 0.717) is 5.69 Å². The highest BCUT2D eigenvalue weighted by molar-refractivity contribution is 7.89. The van der Waals surface area contributed by atoms with Gasteiger partial charge in [0.2, 0.25) is 10.0 Å². The van der Waals surface area contributed by atoms with Crippen LogP contribution in [0.4, 0.5) is 0 Å². The van der Waals surface area contributed by atoms with Gasteiger partial charge in [0.15, 0.2) is 4.90 Å². The normalized spacial score (nSPS) is 13.3. The minimum Gasteiger partial charge on any atom is -0.302 e. The van der Waals surface area contributed by atoms with E-state index in [2.05, 4.69) is 9.71 Å². The Bertz CT molecular complexity index is 923. The van der Waals surface area contributed by atoms with Crippen molar-refractivity contribution in [2.24, 2.45) is 14.1 Å². The van der Waals surface area contributed by atoms with Gasteiger partial charge < -0.3 is 4.57 Å². The van der Waals surface area contributed by atoms with Gasteiger partial charge in [-0.1, -0.05) is 0 Å². The van der Waals surface area contributed by atoms with Crippen molar-refractivity contribution in [1.82, 2.24) is 18.8 Å². The quantitative estimate of drug-likeness (QED) is 0.833. The zero-order valence-corrected chi connectivity index (χ0v) is 14.2. The van der Waals surface area contributed by atoms with Crippen molar-refractivity contribution in [2.45, 2.75) is 24.8 Å². The number of rotatable bonds is 4. The van der Waals surface area contributed by atoms with Crippen LogP contribution in [-0.2, 0) is 24.1 Å². The highest BCUT2D eigenvalue weighted by Crippen LogP contribution is 2.17. The summed E-state index contributed by atoms with van der Waals surface area (Å²) in [6, 6.07) is -0.586. The van der Waals surface area contributed by atoms with Gasteiger partial charge in [0.05, 0.1) is 16.7 Å². The summed E-state index contributed by atoms with van der Waals surface area (Å²) in [6.07, 6.45) is 1.02. The lowest BCUT2D eigenvalue weighted by Gasteiger charge is -2.13. The van der Waals surface area contributed by atoms with E-state index < -0.39 is 32.2 Å². The lowest BCUT2D eigenvalue weighted by atomic mass is 10.3. The lowest BCUT2D eigenvalue weighted by molar-refractivity contribution is 0.555. The van der Waals surface area contributed by atoms with Crippen LogP contribution in [0.1, 0.15) is 23.7 Å². The molecule has 0 spiro atoms. The number of nitrogens with zero attached hydrogens (tertiary/aromatic N) is 3. The molecule has 2 heterocycles. The van der Waals surface area contributed by atoms with E-state index >= 15 is 0 Å². The van der Waals surface area contributed by atoms with E-state index in [9.17, 15) is 18.0 Å². The highest BCUT2D eigenvalue weighted by atomic mass is 32.2. The third kappa shape index (κ3) is 3.03. The van der Waals surface area contributed by atoms with Gasteiger partial charge in [0.25, 0.3) is 5.56 Å². The zero-order valence-electron chi connectivity index (χ0n) is 12.5. The molecule has 0 aliphatic heterocycles. The van der Waals surface area contributed by atoms with Gasteiger partial charge in [-0.05, 0) is 13.8 Å². The molecule has 0 aliphatic carbocycles. The van der Waals surface area contributed by atoms with Crippen LogP contribution in [0.5, 0.6) is 0 Å². The molecule has 0 fully saturated rings. The summed E-state index contributed by atoms with van der Waals surface area (Å²) in [4.78, 5) is 27.4. The second-order valence-electron chi connectivity index (χ2n) is 4.89. The minimum absolute atomic E-state index is 0.476. The maximum Gasteiger partial charge on any atom is 0.330 e. The average Bonchev–Trinajstić information content (AvgIpc) is 2.86. The summed E-state index contributed by atoms with van der Waals surface area (Å²) in [5, 5.41) is 2.57. The summed E-state index contributed by atoms with van der Waals surface area (Å²) >= 11 is 1.41. The molecule has 1 unspecified atom stereocenters. The molecule has 0 saturated heterocycles. The first-order chi connectivity index (χ1) is 10.1. The van der Waals surface area contributed by atoms with Gasteiger partial charge in [0.1, 0.15) is 0 Å².